The Morgan fingerprint density at radius 3 is 2.28 bits per heavy atom. The van der Waals surface area contributed by atoms with Crippen LogP contribution in [0, 0.1) is 0 Å². The third-order valence-corrected chi connectivity index (χ3v) is 3.57. The number of halogens is 3. The van der Waals surface area contributed by atoms with Crippen LogP contribution in [0.1, 0.15) is 18.1 Å². The molecule has 0 spiro atoms. The molecule has 0 saturated heterocycles. The molecule has 2 rings (SSSR count). The van der Waals surface area contributed by atoms with E-state index in [1.54, 1.807) is 13.0 Å². The number of esters is 1. The van der Waals surface area contributed by atoms with Gasteiger partial charge in [0, 0.05) is 0 Å². The molecule has 0 amide bonds. The van der Waals surface area contributed by atoms with Crippen LogP contribution in [0.25, 0.3) is 11.1 Å². The predicted molar refractivity (Wildman–Crippen MR) is 87.0 cm³/mol. The van der Waals surface area contributed by atoms with Gasteiger partial charge >= 0.3 is 19.3 Å². The summed E-state index contributed by atoms with van der Waals surface area (Å²) >= 11 is 0. The van der Waals surface area contributed by atoms with Gasteiger partial charge in [-0.1, -0.05) is 30.3 Å². The van der Waals surface area contributed by atoms with Crippen LogP contribution in [-0.2, 0) is 22.1 Å². The van der Waals surface area contributed by atoms with E-state index in [1.807, 2.05) is 0 Å². The van der Waals surface area contributed by atoms with E-state index < -0.39 is 24.8 Å². The van der Waals surface area contributed by atoms with Gasteiger partial charge in [-0.3, -0.25) is 4.79 Å². The van der Waals surface area contributed by atoms with Crippen molar-refractivity contribution < 1.29 is 32.8 Å². The molecule has 0 aliphatic rings. The molecule has 0 radical (unpaired) electrons. The average molecular weight is 352 g/mol. The second kappa shape index (κ2) is 7.71. The zero-order chi connectivity index (χ0) is 18.6. The maximum absolute atomic E-state index is 12.7. The van der Waals surface area contributed by atoms with Crippen LogP contribution in [0.5, 0.6) is 0 Å². The molecule has 0 aliphatic carbocycles. The molecule has 0 atom stereocenters. The molecule has 2 aromatic rings. The Morgan fingerprint density at radius 1 is 1.12 bits per heavy atom. The third kappa shape index (κ3) is 4.84. The molecule has 2 aromatic carbocycles. The van der Waals surface area contributed by atoms with Gasteiger partial charge in [0.15, 0.2) is 0 Å². The molecule has 132 valence electrons. The van der Waals surface area contributed by atoms with E-state index >= 15 is 0 Å². The summed E-state index contributed by atoms with van der Waals surface area (Å²) in [4.78, 5) is 11.6. The van der Waals surface area contributed by atoms with E-state index in [1.165, 1.54) is 24.3 Å². The highest BCUT2D eigenvalue weighted by atomic mass is 19.4. The van der Waals surface area contributed by atoms with Crippen molar-refractivity contribution >= 4 is 18.6 Å². The van der Waals surface area contributed by atoms with Crippen LogP contribution in [-0.4, -0.2) is 29.7 Å². The van der Waals surface area contributed by atoms with Crippen LogP contribution in [0.4, 0.5) is 13.2 Å². The Bertz CT molecular complexity index is 743. The summed E-state index contributed by atoms with van der Waals surface area (Å²) in [5.41, 5.74) is 0.600. The molecule has 0 heterocycles. The SMILES string of the molecule is CCOC(=O)Cc1ccc(B(O)O)c(-c2ccc(C(F)(F)F)cc2)c1. The number of ether oxygens (including phenoxy) is 1. The maximum atomic E-state index is 12.7. The quantitative estimate of drug-likeness (QED) is 0.639. The zero-order valence-electron chi connectivity index (χ0n) is 13.4. The first kappa shape index (κ1) is 19.0. The highest BCUT2D eigenvalue weighted by Crippen LogP contribution is 2.31. The summed E-state index contributed by atoms with van der Waals surface area (Å²) in [6, 6.07) is 8.83. The van der Waals surface area contributed by atoms with Gasteiger partial charge in [0.1, 0.15) is 0 Å². The van der Waals surface area contributed by atoms with Gasteiger partial charge in [-0.2, -0.15) is 13.2 Å². The summed E-state index contributed by atoms with van der Waals surface area (Å²) in [5, 5.41) is 19.0. The number of benzene rings is 2. The summed E-state index contributed by atoms with van der Waals surface area (Å²) in [7, 11) is -1.80. The maximum Gasteiger partial charge on any atom is 0.489 e. The lowest BCUT2D eigenvalue weighted by Gasteiger charge is -2.13. The topological polar surface area (TPSA) is 66.8 Å². The predicted octanol–water partition coefficient (Wildman–Crippen LogP) is 2.16. The van der Waals surface area contributed by atoms with Crippen LogP contribution in [0.3, 0.4) is 0 Å². The van der Waals surface area contributed by atoms with E-state index in [2.05, 4.69) is 0 Å². The first-order valence-corrected chi connectivity index (χ1v) is 7.54. The van der Waals surface area contributed by atoms with Gasteiger partial charge in [0.2, 0.25) is 0 Å². The van der Waals surface area contributed by atoms with Gasteiger partial charge < -0.3 is 14.8 Å². The van der Waals surface area contributed by atoms with Gasteiger partial charge in [-0.15, -0.1) is 0 Å². The number of rotatable bonds is 5. The summed E-state index contributed by atoms with van der Waals surface area (Å²) in [5.74, 6) is -0.446. The van der Waals surface area contributed by atoms with Gasteiger partial charge in [-0.05, 0) is 41.2 Å². The number of hydrogen-bond acceptors (Lipinski definition) is 4. The molecule has 25 heavy (non-hydrogen) atoms. The standard InChI is InChI=1S/C17H16BF3O4/c1-2-25-16(22)10-11-3-8-15(18(23)24)14(9-11)12-4-6-13(7-5-12)17(19,20)21/h3-9,23-24H,2,10H2,1H3. The van der Waals surface area contributed by atoms with E-state index in [4.69, 9.17) is 4.74 Å². The minimum Gasteiger partial charge on any atom is -0.466 e. The summed E-state index contributed by atoms with van der Waals surface area (Å²) in [6.07, 6.45) is -4.48. The van der Waals surface area contributed by atoms with Crippen molar-refractivity contribution in [1.82, 2.24) is 0 Å². The van der Waals surface area contributed by atoms with Gasteiger partial charge in [-0.25, -0.2) is 0 Å². The fourth-order valence-electron chi connectivity index (χ4n) is 2.41. The number of carbonyl (C=O) groups is 1. The molecule has 8 heteroatoms. The number of hydrogen-bond donors (Lipinski definition) is 2. The highest BCUT2D eigenvalue weighted by Gasteiger charge is 2.30. The summed E-state index contributed by atoms with van der Waals surface area (Å²) in [6.45, 7) is 1.91. The fourth-order valence-corrected chi connectivity index (χ4v) is 2.41. The molecule has 2 N–H and O–H groups in total. The molecular formula is C17H16BF3O4. The zero-order valence-corrected chi connectivity index (χ0v) is 13.4. The van der Waals surface area contributed by atoms with E-state index in [0.717, 1.165) is 12.1 Å². The molecular weight excluding hydrogens is 336 g/mol. The van der Waals surface area contributed by atoms with E-state index in [-0.39, 0.29) is 18.5 Å². The van der Waals surface area contributed by atoms with Crippen molar-refractivity contribution in [1.29, 1.82) is 0 Å². The second-order valence-electron chi connectivity index (χ2n) is 5.35. The van der Waals surface area contributed by atoms with Crippen molar-refractivity contribution in [2.75, 3.05) is 6.61 Å². The number of carbonyl (C=O) groups excluding carboxylic acids is 1. The molecule has 0 aliphatic heterocycles. The molecule has 0 bridgehead atoms. The Hall–Kier alpha value is -2.32. The molecule has 4 nitrogen and oxygen atoms in total. The lowest BCUT2D eigenvalue weighted by atomic mass is 9.74. The Morgan fingerprint density at radius 2 is 1.76 bits per heavy atom. The lowest BCUT2D eigenvalue weighted by molar-refractivity contribution is -0.142. The van der Waals surface area contributed by atoms with E-state index in [9.17, 15) is 28.0 Å². The molecule has 0 unspecified atom stereocenters. The van der Waals surface area contributed by atoms with Crippen molar-refractivity contribution in [3.8, 4) is 11.1 Å². The average Bonchev–Trinajstić information content (AvgIpc) is 2.54. The Balaban J connectivity index is 2.41. The first-order chi connectivity index (χ1) is 11.7. The lowest BCUT2D eigenvalue weighted by Crippen LogP contribution is -2.31. The van der Waals surface area contributed by atoms with Crippen molar-refractivity contribution in [2.24, 2.45) is 0 Å². The van der Waals surface area contributed by atoms with Crippen molar-refractivity contribution in [3.05, 3.63) is 53.6 Å². The first-order valence-electron chi connectivity index (χ1n) is 7.54. The normalized spacial score (nSPS) is 11.3. The molecule has 0 fully saturated rings. The molecule has 0 saturated carbocycles. The van der Waals surface area contributed by atoms with Crippen LogP contribution >= 0.6 is 0 Å². The minimum absolute atomic E-state index is 0.0245. The van der Waals surface area contributed by atoms with Crippen LogP contribution in [0.2, 0.25) is 0 Å². The van der Waals surface area contributed by atoms with Gasteiger partial charge in [0.25, 0.3) is 0 Å². The second-order valence-corrected chi connectivity index (χ2v) is 5.35. The summed E-state index contributed by atoms with van der Waals surface area (Å²) < 4.78 is 42.9. The third-order valence-electron chi connectivity index (χ3n) is 3.57. The van der Waals surface area contributed by atoms with Crippen LogP contribution < -0.4 is 5.46 Å². The monoisotopic (exact) mass is 352 g/mol. The van der Waals surface area contributed by atoms with Crippen molar-refractivity contribution in [3.63, 3.8) is 0 Å². The smallest absolute Gasteiger partial charge is 0.466 e. The fraction of sp³-hybridized carbons (Fsp3) is 0.235. The molecule has 0 aromatic heterocycles. The minimum atomic E-state index is -4.45. The highest BCUT2D eigenvalue weighted by molar-refractivity contribution is 6.60. The largest absolute Gasteiger partial charge is 0.489 e. The van der Waals surface area contributed by atoms with E-state index in [0.29, 0.717) is 16.7 Å². The Kier molecular flexibility index (Phi) is 5.87. The Labute approximate surface area is 143 Å². The number of alkyl halides is 3. The van der Waals surface area contributed by atoms with Crippen molar-refractivity contribution in [2.45, 2.75) is 19.5 Å². The van der Waals surface area contributed by atoms with Crippen LogP contribution in [0.15, 0.2) is 42.5 Å². The van der Waals surface area contributed by atoms with Gasteiger partial charge in [0.05, 0.1) is 18.6 Å².